The molecule has 0 heterocycles. The summed E-state index contributed by atoms with van der Waals surface area (Å²) in [5.41, 5.74) is 1.66. The number of hydrogen-bond donors (Lipinski definition) is 1. The molecule has 2 aromatic carbocycles. The second-order valence-electron chi connectivity index (χ2n) is 4.94. The summed E-state index contributed by atoms with van der Waals surface area (Å²) in [6, 6.07) is 12.4. The molecule has 0 bridgehead atoms. The first kappa shape index (κ1) is 17.2. The number of nitro groups is 1. The van der Waals surface area contributed by atoms with Crippen LogP contribution in [-0.2, 0) is 4.79 Å². The number of aryl methyl sites for hydroxylation is 1. The number of carbonyl (C=O) groups is 1. The zero-order chi connectivity index (χ0) is 17.7. The van der Waals surface area contributed by atoms with Gasteiger partial charge in [0, 0.05) is 22.8 Å². The zero-order valence-electron chi connectivity index (χ0n) is 12.6. The van der Waals surface area contributed by atoms with Gasteiger partial charge in [0.2, 0.25) is 0 Å². The van der Waals surface area contributed by atoms with Crippen LogP contribution in [-0.4, -0.2) is 10.8 Å². The normalized spacial score (nSPS) is 10.8. The Balaban J connectivity index is 2.20. The molecule has 0 spiro atoms. The molecule has 2 rings (SSSR count). The molecule has 2 aromatic rings. The van der Waals surface area contributed by atoms with Crippen molar-refractivity contribution in [2.75, 3.05) is 5.32 Å². The van der Waals surface area contributed by atoms with Crippen LogP contribution in [0.5, 0.6) is 0 Å². The van der Waals surface area contributed by atoms with E-state index in [-0.39, 0.29) is 11.3 Å². The second-order valence-corrected chi connectivity index (χ2v) is 5.34. The predicted octanol–water partition coefficient (Wildman–Crippen LogP) is 4.10. The number of anilines is 1. The summed E-state index contributed by atoms with van der Waals surface area (Å²) < 4.78 is 0. The number of rotatable bonds is 4. The van der Waals surface area contributed by atoms with Crippen LogP contribution >= 0.6 is 11.6 Å². The number of nitrogens with one attached hydrogen (secondary N) is 1. The van der Waals surface area contributed by atoms with Gasteiger partial charge in [-0.2, -0.15) is 5.26 Å². The van der Waals surface area contributed by atoms with E-state index in [0.717, 1.165) is 5.56 Å². The zero-order valence-corrected chi connectivity index (χ0v) is 13.4. The van der Waals surface area contributed by atoms with E-state index in [0.29, 0.717) is 16.3 Å². The van der Waals surface area contributed by atoms with Crippen LogP contribution < -0.4 is 5.32 Å². The molecular formula is C17H12ClN3O3. The van der Waals surface area contributed by atoms with Crippen LogP contribution in [0.15, 0.2) is 48.0 Å². The molecule has 0 aliphatic heterocycles. The fraction of sp³-hybridized carbons (Fsp3) is 0.0588. The van der Waals surface area contributed by atoms with Crippen LogP contribution in [0.4, 0.5) is 11.4 Å². The summed E-state index contributed by atoms with van der Waals surface area (Å²) in [6.07, 6.45) is 1.36. The molecule has 0 saturated carbocycles. The molecular weight excluding hydrogens is 330 g/mol. The molecule has 0 radical (unpaired) electrons. The maximum Gasteiger partial charge on any atom is 0.269 e. The molecule has 0 unspecified atom stereocenters. The Kier molecular flexibility index (Phi) is 5.30. The van der Waals surface area contributed by atoms with Gasteiger partial charge in [-0.05, 0) is 48.4 Å². The van der Waals surface area contributed by atoms with Gasteiger partial charge in [0.15, 0.2) is 0 Å². The summed E-state index contributed by atoms with van der Waals surface area (Å²) in [4.78, 5) is 22.3. The lowest BCUT2D eigenvalue weighted by molar-refractivity contribution is -0.384. The van der Waals surface area contributed by atoms with Crippen LogP contribution in [0.25, 0.3) is 6.08 Å². The minimum Gasteiger partial charge on any atom is -0.321 e. The number of non-ortho nitro benzene ring substituents is 1. The van der Waals surface area contributed by atoms with Gasteiger partial charge in [0.1, 0.15) is 11.6 Å². The van der Waals surface area contributed by atoms with E-state index in [1.54, 1.807) is 18.2 Å². The number of halogens is 1. The third-order valence-electron chi connectivity index (χ3n) is 3.21. The summed E-state index contributed by atoms with van der Waals surface area (Å²) in [5.74, 6) is -0.587. The Morgan fingerprint density at radius 3 is 2.50 bits per heavy atom. The highest BCUT2D eigenvalue weighted by molar-refractivity contribution is 6.31. The fourth-order valence-corrected chi connectivity index (χ4v) is 2.06. The summed E-state index contributed by atoms with van der Waals surface area (Å²) in [7, 11) is 0. The minimum absolute atomic E-state index is 0.0654. The molecule has 0 atom stereocenters. The van der Waals surface area contributed by atoms with E-state index in [1.165, 1.54) is 30.3 Å². The SMILES string of the molecule is Cc1ccc(NC(=O)/C(C#N)=C/c2ccc([N+](=O)[O-])cc2)cc1Cl. The first-order chi connectivity index (χ1) is 11.4. The lowest BCUT2D eigenvalue weighted by Gasteiger charge is -2.06. The molecule has 6 nitrogen and oxygen atoms in total. The molecule has 0 fully saturated rings. The molecule has 0 saturated heterocycles. The van der Waals surface area contributed by atoms with Crippen molar-refractivity contribution in [1.29, 1.82) is 5.26 Å². The number of carbonyl (C=O) groups excluding carboxylic acids is 1. The number of nitro benzene ring substituents is 1. The Hall–Kier alpha value is -3.17. The van der Waals surface area contributed by atoms with Gasteiger partial charge >= 0.3 is 0 Å². The second kappa shape index (κ2) is 7.40. The quantitative estimate of drug-likeness (QED) is 0.392. The molecule has 0 aliphatic carbocycles. The Labute approximate surface area is 143 Å². The maximum atomic E-state index is 12.2. The lowest BCUT2D eigenvalue weighted by atomic mass is 10.1. The van der Waals surface area contributed by atoms with Crippen LogP contribution in [0, 0.1) is 28.4 Å². The van der Waals surface area contributed by atoms with Crippen molar-refractivity contribution in [1.82, 2.24) is 0 Å². The fourth-order valence-electron chi connectivity index (χ4n) is 1.88. The van der Waals surface area contributed by atoms with E-state index >= 15 is 0 Å². The third-order valence-corrected chi connectivity index (χ3v) is 3.62. The van der Waals surface area contributed by atoms with E-state index in [4.69, 9.17) is 16.9 Å². The summed E-state index contributed by atoms with van der Waals surface area (Å²) >= 11 is 5.99. The van der Waals surface area contributed by atoms with Gasteiger partial charge in [-0.3, -0.25) is 14.9 Å². The van der Waals surface area contributed by atoms with Crippen LogP contribution in [0.3, 0.4) is 0 Å². The van der Waals surface area contributed by atoms with E-state index < -0.39 is 10.8 Å². The van der Waals surface area contributed by atoms with Crippen molar-refractivity contribution in [3.05, 3.63) is 74.3 Å². The first-order valence-electron chi connectivity index (χ1n) is 6.84. The maximum absolute atomic E-state index is 12.2. The Bertz CT molecular complexity index is 868. The summed E-state index contributed by atoms with van der Waals surface area (Å²) in [6.45, 7) is 1.84. The van der Waals surface area contributed by atoms with Crippen LogP contribution in [0.1, 0.15) is 11.1 Å². The number of amides is 1. The Morgan fingerprint density at radius 2 is 1.96 bits per heavy atom. The number of nitrogens with zero attached hydrogens (tertiary/aromatic N) is 2. The standard InChI is InChI=1S/C17H12ClN3O3/c1-11-2-5-14(9-16(11)18)20-17(22)13(10-19)8-12-3-6-15(7-4-12)21(23)24/h2-9H,1H3,(H,20,22)/b13-8+. The summed E-state index contributed by atoms with van der Waals surface area (Å²) in [5, 5.41) is 22.9. The van der Waals surface area contributed by atoms with Crippen molar-refractivity contribution in [2.45, 2.75) is 6.92 Å². The highest BCUT2D eigenvalue weighted by atomic mass is 35.5. The Morgan fingerprint density at radius 1 is 1.29 bits per heavy atom. The minimum atomic E-state index is -0.587. The smallest absolute Gasteiger partial charge is 0.269 e. The number of nitriles is 1. The highest BCUT2D eigenvalue weighted by Gasteiger charge is 2.11. The number of benzene rings is 2. The lowest BCUT2D eigenvalue weighted by Crippen LogP contribution is -2.13. The van der Waals surface area contributed by atoms with Gasteiger partial charge in [0.25, 0.3) is 11.6 Å². The van der Waals surface area contributed by atoms with Crippen molar-refractivity contribution in [3.8, 4) is 6.07 Å². The van der Waals surface area contributed by atoms with Gasteiger partial charge < -0.3 is 5.32 Å². The van der Waals surface area contributed by atoms with Gasteiger partial charge in [0.05, 0.1) is 4.92 Å². The third kappa shape index (κ3) is 4.18. The van der Waals surface area contributed by atoms with E-state index in [9.17, 15) is 14.9 Å². The molecule has 7 heteroatoms. The molecule has 0 aromatic heterocycles. The van der Waals surface area contributed by atoms with Crippen molar-refractivity contribution < 1.29 is 9.72 Å². The van der Waals surface area contributed by atoms with Gasteiger partial charge in [-0.1, -0.05) is 17.7 Å². The topological polar surface area (TPSA) is 96.0 Å². The van der Waals surface area contributed by atoms with E-state index in [1.807, 2.05) is 13.0 Å². The molecule has 120 valence electrons. The highest BCUT2D eigenvalue weighted by Crippen LogP contribution is 2.21. The van der Waals surface area contributed by atoms with Crippen molar-refractivity contribution in [2.24, 2.45) is 0 Å². The number of hydrogen-bond acceptors (Lipinski definition) is 4. The molecule has 1 amide bonds. The van der Waals surface area contributed by atoms with Gasteiger partial charge in [-0.25, -0.2) is 0 Å². The molecule has 1 N–H and O–H groups in total. The average Bonchev–Trinajstić information content (AvgIpc) is 2.56. The first-order valence-corrected chi connectivity index (χ1v) is 7.22. The van der Waals surface area contributed by atoms with Crippen molar-refractivity contribution >= 4 is 35.0 Å². The average molecular weight is 342 g/mol. The van der Waals surface area contributed by atoms with Crippen LogP contribution in [0.2, 0.25) is 5.02 Å². The monoisotopic (exact) mass is 341 g/mol. The molecule has 24 heavy (non-hydrogen) atoms. The van der Waals surface area contributed by atoms with Crippen molar-refractivity contribution in [3.63, 3.8) is 0 Å². The largest absolute Gasteiger partial charge is 0.321 e. The van der Waals surface area contributed by atoms with E-state index in [2.05, 4.69) is 5.32 Å². The van der Waals surface area contributed by atoms with Gasteiger partial charge in [-0.15, -0.1) is 0 Å². The predicted molar refractivity (Wildman–Crippen MR) is 91.5 cm³/mol. The molecule has 0 aliphatic rings.